The largest absolute Gasteiger partial charge is 0.462 e. The molecule has 104 valence electrons. The zero-order valence-corrected chi connectivity index (χ0v) is 11.9. The highest BCUT2D eigenvalue weighted by atomic mass is 16.5. The van der Waals surface area contributed by atoms with Crippen molar-refractivity contribution < 1.29 is 9.53 Å². The highest BCUT2D eigenvalue weighted by molar-refractivity contribution is 5.81. The van der Waals surface area contributed by atoms with E-state index in [1.54, 1.807) is 0 Å². The van der Waals surface area contributed by atoms with E-state index in [1.807, 2.05) is 0 Å². The van der Waals surface area contributed by atoms with Crippen molar-refractivity contribution in [3.8, 4) is 0 Å². The van der Waals surface area contributed by atoms with Crippen molar-refractivity contribution in [3.05, 3.63) is 12.7 Å². The number of fused-ring (bicyclic) bond motifs is 3. The van der Waals surface area contributed by atoms with Crippen LogP contribution in [0.2, 0.25) is 0 Å². The smallest absolute Gasteiger partial charge is 0.330 e. The predicted molar refractivity (Wildman–Crippen MR) is 73.4 cm³/mol. The molecule has 0 heterocycles. The van der Waals surface area contributed by atoms with Gasteiger partial charge < -0.3 is 4.74 Å². The van der Waals surface area contributed by atoms with Crippen LogP contribution in [0.25, 0.3) is 0 Å². The van der Waals surface area contributed by atoms with Crippen LogP contribution in [-0.2, 0) is 9.53 Å². The Morgan fingerprint density at radius 2 is 2.11 bits per heavy atom. The predicted octanol–water partition coefficient (Wildman–Crippen LogP) is 3.57. The van der Waals surface area contributed by atoms with Crippen molar-refractivity contribution in [1.29, 1.82) is 0 Å². The number of esters is 1. The summed E-state index contributed by atoms with van der Waals surface area (Å²) in [6, 6.07) is 0. The molecule has 2 nitrogen and oxygen atoms in total. The zero-order valence-electron chi connectivity index (χ0n) is 11.9. The molecule has 0 aromatic rings. The molecule has 4 aliphatic rings. The van der Waals surface area contributed by atoms with E-state index in [1.165, 1.54) is 44.6 Å². The average molecular weight is 260 g/mol. The number of rotatable bonds is 3. The SMILES string of the molecule is C=CC(=O)OCC1(C)CCC2C(C1)C1CC13CCC23. The lowest BCUT2D eigenvalue weighted by molar-refractivity contribution is -0.142. The second-order valence-electron chi connectivity index (χ2n) is 7.88. The van der Waals surface area contributed by atoms with Gasteiger partial charge in [0.15, 0.2) is 0 Å². The first-order chi connectivity index (χ1) is 9.08. The molecule has 0 saturated heterocycles. The maximum absolute atomic E-state index is 11.3. The van der Waals surface area contributed by atoms with Crippen LogP contribution in [0.1, 0.15) is 45.4 Å². The number of hydrogen-bond acceptors (Lipinski definition) is 2. The van der Waals surface area contributed by atoms with Gasteiger partial charge in [0.05, 0.1) is 6.61 Å². The molecule has 0 aromatic heterocycles. The Kier molecular flexibility index (Phi) is 2.30. The molecule has 2 heteroatoms. The third-order valence-electron chi connectivity index (χ3n) is 6.96. The first-order valence-electron chi connectivity index (χ1n) is 7.87. The van der Waals surface area contributed by atoms with E-state index >= 15 is 0 Å². The van der Waals surface area contributed by atoms with Gasteiger partial charge in [-0.05, 0) is 67.6 Å². The third-order valence-corrected chi connectivity index (χ3v) is 6.96. The summed E-state index contributed by atoms with van der Waals surface area (Å²) in [5.74, 6) is 3.79. The number of carbonyl (C=O) groups is 1. The summed E-state index contributed by atoms with van der Waals surface area (Å²) >= 11 is 0. The first-order valence-corrected chi connectivity index (χ1v) is 7.87. The van der Waals surface area contributed by atoms with Crippen LogP contribution < -0.4 is 0 Å². The van der Waals surface area contributed by atoms with E-state index in [9.17, 15) is 4.79 Å². The van der Waals surface area contributed by atoms with Crippen LogP contribution in [0.4, 0.5) is 0 Å². The fraction of sp³-hybridized carbons (Fsp3) is 0.824. The van der Waals surface area contributed by atoms with E-state index in [0.29, 0.717) is 6.61 Å². The van der Waals surface area contributed by atoms with Crippen LogP contribution >= 0.6 is 0 Å². The van der Waals surface area contributed by atoms with E-state index in [2.05, 4.69) is 13.5 Å². The number of hydrogen-bond donors (Lipinski definition) is 0. The lowest BCUT2D eigenvalue weighted by Crippen LogP contribution is -2.38. The molecule has 0 aliphatic heterocycles. The maximum Gasteiger partial charge on any atom is 0.330 e. The van der Waals surface area contributed by atoms with Crippen molar-refractivity contribution in [3.63, 3.8) is 0 Å². The molecule has 4 aliphatic carbocycles. The van der Waals surface area contributed by atoms with Gasteiger partial charge in [-0.25, -0.2) is 4.79 Å². The monoisotopic (exact) mass is 260 g/mol. The summed E-state index contributed by atoms with van der Waals surface area (Å²) in [5.41, 5.74) is 1.03. The molecule has 0 amide bonds. The molecule has 0 N–H and O–H groups in total. The molecule has 6 unspecified atom stereocenters. The van der Waals surface area contributed by atoms with Gasteiger partial charge in [-0.2, -0.15) is 0 Å². The molecule has 0 radical (unpaired) electrons. The summed E-state index contributed by atoms with van der Waals surface area (Å²) < 4.78 is 5.34. The minimum absolute atomic E-state index is 0.216. The minimum Gasteiger partial charge on any atom is -0.462 e. The van der Waals surface area contributed by atoms with Crippen molar-refractivity contribution >= 4 is 5.97 Å². The van der Waals surface area contributed by atoms with Gasteiger partial charge >= 0.3 is 5.97 Å². The second-order valence-corrected chi connectivity index (χ2v) is 7.88. The van der Waals surface area contributed by atoms with Crippen LogP contribution in [0.15, 0.2) is 12.7 Å². The summed E-state index contributed by atoms with van der Waals surface area (Å²) in [4.78, 5) is 11.3. The third kappa shape index (κ3) is 1.52. The standard InChI is InChI=1S/C17H24O2/c1-3-15(18)19-10-16(2)6-4-11-12(8-16)14-9-17(14)7-5-13(11)17/h3,11-14H,1,4-10H2,2H3. The fourth-order valence-electron chi connectivity index (χ4n) is 5.89. The molecule has 19 heavy (non-hydrogen) atoms. The summed E-state index contributed by atoms with van der Waals surface area (Å²) in [6.45, 7) is 6.37. The van der Waals surface area contributed by atoms with E-state index < -0.39 is 0 Å². The van der Waals surface area contributed by atoms with Gasteiger partial charge in [0.2, 0.25) is 0 Å². The lowest BCUT2D eigenvalue weighted by atomic mass is 9.60. The van der Waals surface area contributed by atoms with Gasteiger partial charge in [-0.15, -0.1) is 0 Å². The van der Waals surface area contributed by atoms with Gasteiger partial charge in [-0.1, -0.05) is 13.5 Å². The Morgan fingerprint density at radius 1 is 1.26 bits per heavy atom. The molecule has 4 saturated carbocycles. The van der Waals surface area contributed by atoms with Crippen LogP contribution in [0.5, 0.6) is 0 Å². The molecular weight excluding hydrogens is 236 g/mol. The number of carbonyl (C=O) groups excluding carboxylic acids is 1. The Hall–Kier alpha value is -0.790. The van der Waals surface area contributed by atoms with E-state index in [0.717, 1.165) is 29.1 Å². The average Bonchev–Trinajstić information content (AvgIpc) is 3.11. The van der Waals surface area contributed by atoms with Crippen LogP contribution in [-0.4, -0.2) is 12.6 Å². The first kappa shape index (κ1) is 12.0. The second kappa shape index (κ2) is 3.65. The minimum atomic E-state index is -0.266. The molecular formula is C17H24O2. The zero-order chi connectivity index (χ0) is 13.3. The fourth-order valence-corrected chi connectivity index (χ4v) is 5.89. The number of ether oxygens (including phenoxy) is 1. The molecule has 0 aromatic carbocycles. The maximum atomic E-state index is 11.3. The van der Waals surface area contributed by atoms with E-state index in [4.69, 9.17) is 4.74 Å². The van der Waals surface area contributed by atoms with Gasteiger partial charge in [0.25, 0.3) is 0 Å². The molecule has 4 rings (SSSR count). The molecule has 1 spiro atoms. The molecule has 0 bridgehead atoms. The van der Waals surface area contributed by atoms with Gasteiger partial charge in [-0.3, -0.25) is 0 Å². The Labute approximate surface area is 115 Å². The van der Waals surface area contributed by atoms with Crippen molar-refractivity contribution in [2.45, 2.75) is 45.4 Å². The lowest BCUT2D eigenvalue weighted by Gasteiger charge is -2.45. The van der Waals surface area contributed by atoms with Crippen LogP contribution in [0.3, 0.4) is 0 Å². The van der Waals surface area contributed by atoms with Gasteiger partial charge in [0.1, 0.15) is 0 Å². The summed E-state index contributed by atoms with van der Waals surface area (Å²) in [6.07, 6.45) is 9.69. The van der Waals surface area contributed by atoms with Gasteiger partial charge in [0, 0.05) is 11.5 Å². The summed E-state index contributed by atoms with van der Waals surface area (Å²) in [5, 5.41) is 0. The van der Waals surface area contributed by atoms with Crippen molar-refractivity contribution in [1.82, 2.24) is 0 Å². The highest BCUT2D eigenvalue weighted by Gasteiger charge is 2.74. The Morgan fingerprint density at radius 3 is 2.79 bits per heavy atom. The topological polar surface area (TPSA) is 26.3 Å². The molecule has 4 fully saturated rings. The summed E-state index contributed by atoms with van der Waals surface area (Å²) in [7, 11) is 0. The van der Waals surface area contributed by atoms with Crippen molar-refractivity contribution in [2.24, 2.45) is 34.5 Å². The molecule has 6 atom stereocenters. The Balaban J connectivity index is 1.44. The normalized spacial score (nSPS) is 53.3. The van der Waals surface area contributed by atoms with E-state index in [-0.39, 0.29) is 11.4 Å². The van der Waals surface area contributed by atoms with Crippen LogP contribution in [0, 0.1) is 34.5 Å². The highest BCUT2D eigenvalue weighted by Crippen LogP contribution is 2.81. The quantitative estimate of drug-likeness (QED) is 0.573. The Bertz CT molecular complexity index is 443. The van der Waals surface area contributed by atoms with Crippen molar-refractivity contribution in [2.75, 3.05) is 6.61 Å².